The number of carboxylic acids is 1. The number of aromatic carboxylic acids is 1. The zero-order chi connectivity index (χ0) is 39.2. The zero-order valence-electron chi connectivity index (χ0n) is 30.9. The van der Waals surface area contributed by atoms with Crippen LogP contribution in [-0.2, 0) is 24.8 Å². The number of hydrogen-bond acceptors (Lipinski definition) is 10. The molecule has 4 heterocycles. The molecule has 0 aliphatic carbocycles. The number of carbonyl (C=O) groups is 2. The minimum absolute atomic E-state index is 0. The SMILES string of the molecule is COC(=O)c1c(-c2ccc(F)cc2)nn2cc(N(C)S(C)(=O)=O)c(C)cc12.Cc1cc2c(C(=O)O)c(-c3ccc(F)cc3)nn2cc1N(C)S(C)(=O)=O.[Li+].[OH-]. The van der Waals surface area contributed by atoms with Crippen molar-refractivity contribution in [1.82, 2.24) is 19.2 Å². The Morgan fingerprint density at radius 3 is 1.38 bits per heavy atom. The van der Waals surface area contributed by atoms with Crippen LogP contribution in [0.3, 0.4) is 0 Å². The fraction of sp³-hybridized carbons (Fsp3) is 0.200. The Hall–Kier alpha value is -5.32. The summed E-state index contributed by atoms with van der Waals surface area (Å²) in [4.78, 5) is 24.2. The number of fused-ring (bicyclic) bond motifs is 2. The van der Waals surface area contributed by atoms with E-state index in [2.05, 4.69) is 10.2 Å². The number of ether oxygens (including phenoxy) is 1. The first-order valence-electron chi connectivity index (χ1n) is 15.5. The molecule has 0 aliphatic rings. The number of esters is 1. The maximum atomic E-state index is 13.3. The van der Waals surface area contributed by atoms with Crippen LogP contribution in [0.5, 0.6) is 0 Å². The predicted octanol–water partition coefficient (Wildman–Crippen LogP) is 2.00. The molecule has 0 aliphatic heterocycles. The molecule has 6 rings (SSSR count). The number of methoxy groups -OCH3 is 1. The van der Waals surface area contributed by atoms with Gasteiger partial charge < -0.3 is 15.3 Å². The van der Waals surface area contributed by atoms with E-state index in [4.69, 9.17) is 4.74 Å². The molecule has 2 N–H and O–H groups in total. The third-order valence-electron chi connectivity index (χ3n) is 8.41. The second-order valence-corrected chi connectivity index (χ2v) is 16.1. The summed E-state index contributed by atoms with van der Waals surface area (Å²) in [5.41, 5.74) is 4.48. The van der Waals surface area contributed by atoms with E-state index in [0.717, 1.165) is 21.1 Å². The molecule has 0 amide bonds. The molecule has 0 saturated heterocycles. The van der Waals surface area contributed by atoms with Crippen LogP contribution < -0.4 is 27.5 Å². The first-order chi connectivity index (χ1) is 24.7. The Labute approximate surface area is 327 Å². The van der Waals surface area contributed by atoms with Gasteiger partial charge in [-0.1, -0.05) is 0 Å². The quantitative estimate of drug-likeness (QED) is 0.175. The number of pyridine rings is 2. The van der Waals surface area contributed by atoms with Crippen LogP contribution in [0, 0.1) is 25.5 Å². The van der Waals surface area contributed by atoms with Gasteiger partial charge in [0.15, 0.2) is 0 Å². The van der Waals surface area contributed by atoms with Crippen molar-refractivity contribution in [2.24, 2.45) is 0 Å². The van der Waals surface area contributed by atoms with Crippen molar-refractivity contribution in [3.05, 3.63) is 107 Å². The molecule has 0 fully saturated rings. The van der Waals surface area contributed by atoms with Crippen LogP contribution in [0.4, 0.5) is 20.2 Å². The molecule has 2 aromatic carbocycles. The number of carboxylic acid groups (broad SMARTS) is 1. The zero-order valence-corrected chi connectivity index (χ0v) is 32.6. The first-order valence-corrected chi connectivity index (χ1v) is 19.2. The van der Waals surface area contributed by atoms with Crippen LogP contribution in [-0.4, -0.2) is 92.3 Å². The number of halogens is 2. The molecule has 0 unspecified atom stereocenters. The van der Waals surface area contributed by atoms with Crippen molar-refractivity contribution in [2.45, 2.75) is 13.8 Å². The summed E-state index contributed by atoms with van der Waals surface area (Å²) in [6, 6.07) is 14.1. The molecular weight excluding hydrogens is 757 g/mol. The summed E-state index contributed by atoms with van der Waals surface area (Å²) in [5, 5.41) is 18.3. The molecular formula is C35H35F2LiN6O9S2. The van der Waals surface area contributed by atoms with Gasteiger partial charge in [-0.15, -0.1) is 0 Å². The molecule has 286 valence electrons. The van der Waals surface area contributed by atoms with Gasteiger partial charge in [0, 0.05) is 25.2 Å². The number of benzene rings is 2. The smallest absolute Gasteiger partial charge is 0.870 e. The number of aromatic nitrogens is 4. The van der Waals surface area contributed by atoms with Crippen molar-refractivity contribution < 1.29 is 69.4 Å². The molecule has 15 nitrogen and oxygen atoms in total. The molecule has 0 radical (unpaired) electrons. The summed E-state index contributed by atoms with van der Waals surface area (Å²) in [6.45, 7) is 3.43. The Morgan fingerprint density at radius 1 is 0.709 bits per heavy atom. The monoisotopic (exact) mass is 792 g/mol. The van der Waals surface area contributed by atoms with E-state index in [9.17, 15) is 40.3 Å². The molecule has 0 bridgehead atoms. The number of sulfonamides is 2. The van der Waals surface area contributed by atoms with Gasteiger partial charge in [-0.3, -0.25) is 8.61 Å². The van der Waals surface area contributed by atoms with Crippen LogP contribution in [0.25, 0.3) is 33.5 Å². The van der Waals surface area contributed by atoms with E-state index in [0.29, 0.717) is 50.4 Å². The number of carbonyl (C=O) groups excluding carboxylic acids is 1. The van der Waals surface area contributed by atoms with Crippen molar-refractivity contribution in [3.63, 3.8) is 0 Å². The van der Waals surface area contributed by atoms with E-state index in [-0.39, 0.29) is 41.2 Å². The fourth-order valence-corrected chi connectivity index (χ4v) is 6.61. The van der Waals surface area contributed by atoms with E-state index < -0.39 is 43.6 Å². The van der Waals surface area contributed by atoms with Gasteiger partial charge in [0.25, 0.3) is 0 Å². The van der Waals surface area contributed by atoms with Gasteiger partial charge >= 0.3 is 30.8 Å². The number of rotatable bonds is 8. The number of aryl methyl sites for hydroxylation is 2. The fourth-order valence-electron chi connectivity index (χ4n) is 5.51. The van der Waals surface area contributed by atoms with Crippen LogP contribution in [0.2, 0.25) is 0 Å². The van der Waals surface area contributed by atoms with Crippen LogP contribution >= 0.6 is 0 Å². The van der Waals surface area contributed by atoms with Gasteiger partial charge in [-0.05, 0) is 85.6 Å². The number of nitrogens with zero attached hydrogens (tertiary/aromatic N) is 6. The molecule has 20 heteroatoms. The molecule has 0 spiro atoms. The van der Waals surface area contributed by atoms with Crippen molar-refractivity contribution in [2.75, 3.05) is 42.3 Å². The Balaban J connectivity index is 0.000000285. The maximum Gasteiger partial charge on any atom is 1.00 e. The summed E-state index contributed by atoms with van der Waals surface area (Å²) in [6.07, 6.45) is 5.17. The average molecular weight is 793 g/mol. The maximum absolute atomic E-state index is 13.3. The largest absolute Gasteiger partial charge is 1.00 e. The van der Waals surface area contributed by atoms with Gasteiger partial charge in [0.05, 0.1) is 54.4 Å². The average Bonchev–Trinajstić information content (AvgIpc) is 3.64. The predicted molar refractivity (Wildman–Crippen MR) is 197 cm³/mol. The van der Waals surface area contributed by atoms with E-state index in [1.165, 1.54) is 91.2 Å². The van der Waals surface area contributed by atoms with Crippen molar-refractivity contribution in [1.29, 1.82) is 0 Å². The Morgan fingerprint density at radius 2 is 1.05 bits per heavy atom. The summed E-state index contributed by atoms with van der Waals surface area (Å²) >= 11 is 0. The second kappa shape index (κ2) is 16.6. The Kier molecular flexibility index (Phi) is 13.3. The van der Waals surface area contributed by atoms with E-state index in [1.54, 1.807) is 26.0 Å². The molecule has 6 aromatic rings. The molecule has 4 aromatic heterocycles. The minimum Gasteiger partial charge on any atom is -0.870 e. The van der Waals surface area contributed by atoms with Crippen LogP contribution in [0.15, 0.2) is 73.1 Å². The van der Waals surface area contributed by atoms with Crippen molar-refractivity contribution in [3.8, 4) is 22.5 Å². The van der Waals surface area contributed by atoms with E-state index in [1.807, 2.05) is 0 Å². The Bertz CT molecular complexity index is 2630. The number of anilines is 2. The summed E-state index contributed by atoms with van der Waals surface area (Å²) in [7, 11) is -2.85. The number of hydrogen-bond donors (Lipinski definition) is 1. The van der Waals surface area contributed by atoms with Gasteiger partial charge in [-0.25, -0.2) is 44.2 Å². The molecule has 55 heavy (non-hydrogen) atoms. The standard InChI is InChI=1S/C18H18FN3O4S.C17H16FN3O4S.Li.H2O/c1-11-9-14-16(18(23)26-3)17(12-5-7-13(19)8-6-12)20-22(14)10-15(11)21(2)27(4,24)25;1-10-8-13-15(17(22)23)16(11-4-6-12(18)7-5-11)19-21(13)9-14(10)20(2)26(3,24)25;;/h5-10H,1-4H3;4-9H,1-3H3,(H,22,23);;1H2/q;;+1;/p-1. The van der Waals surface area contributed by atoms with Gasteiger partial charge in [0.1, 0.15) is 34.1 Å². The summed E-state index contributed by atoms with van der Waals surface area (Å²) < 4.78 is 83.7. The minimum atomic E-state index is -3.49. The third kappa shape index (κ3) is 8.98. The normalized spacial score (nSPS) is 11.2. The molecule has 0 atom stereocenters. The van der Waals surface area contributed by atoms with Gasteiger partial charge in [-0.2, -0.15) is 10.2 Å². The summed E-state index contributed by atoms with van der Waals surface area (Å²) in [5.74, 6) is -2.62. The molecule has 0 saturated carbocycles. The first kappa shape index (κ1) is 44.1. The van der Waals surface area contributed by atoms with Crippen LogP contribution in [0.1, 0.15) is 31.8 Å². The second-order valence-electron chi connectivity index (χ2n) is 12.1. The van der Waals surface area contributed by atoms with Gasteiger partial charge in [0.2, 0.25) is 20.0 Å². The third-order valence-corrected chi connectivity index (χ3v) is 10.8. The topological polar surface area (TPSA) is 203 Å². The van der Waals surface area contributed by atoms with E-state index >= 15 is 0 Å². The van der Waals surface area contributed by atoms with Crippen molar-refractivity contribution >= 4 is 54.4 Å².